The lowest BCUT2D eigenvalue weighted by Gasteiger charge is -2.18. The zero-order valence-electron chi connectivity index (χ0n) is 11.8. The van der Waals surface area contributed by atoms with Gasteiger partial charge in [-0.25, -0.2) is 9.97 Å². The second-order valence-electron chi connectivity index (χ2n) is 4.58. The Morgan fingerprint density at radius 3 is 2.50 bits per heavy atom. The van der Waals surface area contributed by atoms with Crippen LogP contribution in [0.4, 0.5) is 5.82 Å². The second kappa shape index (κ2) is 6.68. The molecule has 0 amide bonds. The highest BCUT2D eigenvalue weighted by atomic mass is 35.5. The molecule has 0 aliphatic rings. The van der Waals surface area contributed by atoms with E-state index in [1.54, 1.807) is 7.11 Å². The van der Waals surface area contributed by atoms with Crippen LogP contribution in [0.3, 0.4) is 0 Å². The second-order valence-corrected chi connectivity index (χ2v) is 4.95. The van der Waals surface area contributed by atoms with E-state index in [0.717, 1.165) is 0 Å². The lowest BCUT2D eigenvalue weighted by Crippen LogP contribution is -2.10. The van der Waals surface area contributed by atoms with Crippen molar-refractivity contribution in [1.29, 1.82) is 0 Å². The van der Waals surface area contributed by atoms with Gasteiger partial charge < -0.3 is 10.1 Å². The Balaban J connectivity index is 2.22. The fourth-order valence-electron chi connectivity index (χ4n) is 1.91. The van der Waals surface area contributed by atoms with Crippen molar-refractivity contribution in [1.82, 2.24) is 9.97 Å². The van der Waals surface area contributed by atoms with Gasteiger partial charge >= 0.3 is 0 Å². The van der Waals surface area contributed by atoms with E-state index in [-0.39, 0.29) is 12.1 Å². The van der Waals surface area contributed by atoms with Crippen LogP contribution >= 0.6 is 11.6 Å². The predicted molar refractivity (Wildman–Crippen MR) is 80.9 cm³/mol. The van der Waals surface area contributed by atoms with Crippen LogP contribution < -0.4 is 5.32 Å². The number of hydrogen-bond acceptors (Lipinski definition) is 4. The first-order valence-corrected chi connectivity index (χ1v) is 6.86. The van der Waals surface area contributed by atoms with E-state index in [4.69, 9.17) is 16.3 Å². The molecular weight excluding hydrogens is 274 g/mol. The molecule has 0 aliphatic carbocycles. The third kappa shape index (κ3) is 3.26. The Kier molecular flexibility index (Phi) is 4.93. The van der Waals surface area contributed by atoms with Gasteiger partial charge in [-0.1, -0.05) is 41.9 Å². The van der Waals surface area contributed by atoms with Crippen molar-refractivity contribution in [2.75, 3.05) is 12.4 Å². The van der Waals surface area contributed by atoms with Crippen molar-refractivity contribution in [3.05, 3.63) is 52.9 Å². The maximum atomic E-state index is 6.35. The number of benzene rings is 1. The molecule has 1 heterocycles. The average molecular weight is 292 g/mol. The summed E-state index contributed by atoms with van der Waals surface area (Å²) < 4.78 is 5.26. The number of halogens is 1. The molecule has 20 heavy (non-hydrogen) atoms. The quantitative estimate of drug-likeness (QED) is 0.904. The fraction of sp³-hybridized carbons (Fsp3) is 0.333. The summed E-state index contributed by atoms with van der Waals surface area (Å²) in [5, 5.41) is 3.81. The first-order chi connectivity index (χ1) is 9.63. The van der Waals surface area contributed by atoms with E-state index in [2.05, 4.69) is 34.3 Å². The molecule has 0 aliphatic heterocycles. The number of ether oxygens (including phenoxy) is 1. The highest BCUT2D eigenvalue weighted by Crippen LogP contribution is 2.30. The molecule has 1 aromatic carbocycles. The standard InChI is InChI=1S/C15H18ClN3O/c1-10(12-7-5-4-6-8-12)19-15-13(16)14(11(2)20-3)17-9-18-15/h4-11H,1-3H3,(H,17,18,19). The largest absolute Gasteiger partial charge is 0.375 e. The van der Waals surface area contributed by atoms with Crippen LogP contribution in [0.1, 0.15) is 37.3 Å². The average Bonchev–Trinajstić information content (AvgIpc) is 2.49. The summed E-state index contributed by atoms with van der Waals surface area (Å²) in [6, 6.07) is 10.2. The van der Waals surface area contributed by atoms with Gasteiger partial charge in [-0.2, -0.15) is 0 Å². The van der Waals surface area contributed by atoms with Gasteiger partial charge in [0, 0.05) is 13.2 Å². The Bertz CT molecular complexity index is 562. The van der Waals surface area contributed by atoms with E-state index in [9.17, 15) is 0 Å². The van der Waals surface area contributed by atoms with Crippen LogP contribution in [-0.2, 0) is 4.74 Å². The summed E-state index contributed by atoms with van der Waals surface area (Å²) in [4.78, 5) is 8.39. The normalized spacial score (nSPS) is 13.8. The van der Waals surface area contributed by atoms with E-state index < -0.39 is 0 Å². The van der Waals surface area contributed by atoms with Crippen molar-refractivity contribution >= 4 is 17.4 Å². The molecule has 0 saturated carbocycles. The number of aromatic nitrogens is 2. The van der Waals surface area contributed by atoms with Gasteiger partial charge in [-0.3, -0.25) is 0 Å². The van der Waals surface area contributed by atoms with Crippen LogP contribution in [0, 0.1) is 0 Å². The Morgan fingerprint density at radius 2 is 1.85 bits per heavy atom. The summed E-state index contributed by atoms with van der Waals surface area (Å²) in [7, 11) is 1.63. The molecule has 0 bridgehead atoms. The summed E-state index contributed by atoms with van der Waals surface area (Å²) in [5.74, 6) is 0.622. The first kappa shape index (κ1) is 14.8. The van der Waals surface area contributed by atoms with Crippen LogP contribution in [-0.4, -0.2) is 17.1 Å². The topological polar surface area (TPSA) is 47.0 Å². The van der Waals surface area contributed by atoms with Gasteiger partial charge in [-0.15, -0.1) is 0 Å². The zero-order valence-corrected chi connectivity index (χ0v) is 12.6. The van der Waals surface area contributed by atoms with Crippen molar-refractivity contribution in [3.63, 3.8) is 0 Å². The zero-order chi connectivity index (χ0) is 14.5. The van der Waals surface area contributed by atoms with E-state index in [1.165, 1.54) is 11.9 Å². The molecule has 0 radical (unpaired) electrons. The van der Waals surface area contributed by atoms with Gasteiger partial charge in [0.2, 0.25) is 0 Å². The lowest BCUT2D eigenvalue weighted by molar-refractivity contribution is 0.116. The number of nitrogens with one attached hydrogen (secondary N) is 1. The SMILES string of the molecule is COC(C)c1ncnc(NC(C)c2ccccc2)c1Cl. The first-order valence-electron chi connectivity index (χ1n) is 6.48. The predicted octanol–water partition coefficient (Wildman–Crippen LogP) is 4.01. The molecule has 5 heteroatoms. The molecule has 2 aromatic rings. The molecule has 2 rings (SSSR count). The minimum atomic E-state index is -0.168. The minimum Gasteiger partial charge on any atom is -0.375 e. The minimum absolute atomic E-state index is 0.106. The Morgan fingerprint density at radius 1 is 1.15 bits per heavy atom. The van der Waals surface area contributed by atoms with E-state index in [0.29, 0.717) is 16.5 Å². The molecule has 0 spiro atoms. The van der Waals surface area contributed by atoms with Crippen LogP contribution in [0.25, 0.3) is 0 Å². The number of rotatable bonds is 5. The van der Waals surface area contributed by atoms with Crippen LogP contribution in [0.5, 0.6) is 0 Å². The van der Waals surface area contributed by atoms with Gasteiger partial charge in [0.25, 0.3) is 0 Å². The third-order valence-electron chi connectivity index (χ3n) is 3.21. The lowest BCUT2D eigenvalue weighted by atomic mass is 10.1. The molecule has 1 N–H and O–H groups in total. The fourth-order valence-corrected chi connectivity index (χ4v) is 2.22. The van der Waals surface area contributed by atoms with Crippen molar-refractivity contribution in [2.24, 2.45) is 0 Å². The molecule has 0 saturated heterocycles. The Labute approximate surface area is 124 Å². The highest BCUT2D eigenvalue weighted by Gasteiger charge is 2.16. The monoisotopic (exact) mass is 291 g/mol. The van der Waals surface area contributed by atoms with E-state index >= 15 is 0 Å². The molecule has 4 nitrogen and oxygen atoms in total. The molecular formula is C15H18ClN3O. The molecule has 106 valence electrons. The highest BCUT2D eigenvalue weighted by molar-refractivity contribution is 6.33. The van der Waals surface area contributed by atoms with Crippen molar-refractivity contribution < 1.29 is 4.74 Å². The van der Waals surface area contributed by atoms with E-state index in [1.807, 2.05) is 25.1 Å². The van der Waals surface area contributed by atoms with Gasteiger partial charge in [0.1, 0.15) is 17.2 Å². The smallest absolute Gasteiger partial charge is 0.149 e. The number of nitrogens with zero attached hydrogens (tertiary/aromatic N) is 2. The van der Waals surface area contributed by atoms with Crippen molar-refractivity contribution in [3.8, 4) is 0 Å². The maximum Gasteiger partial charge on any atom is 0.149 e. The maximum absolute atomic E-state index is 6.35. The molecule has 1 aromatic heterocycles. The number of methoxy groups -OCH3 is 1. The van der Waals surface area contributed by atoms with Gasteiger partial charge in [-0.05, 0) is 19.4 Å². The van der Waals surface area contributed by atoms with Crippen molar-refractivity contribution in [2.45, 2.75) is 26.0 Å². The summed E-state index contributed by atoms with van der Waals surface area (Å²) in [6.07, 6.45) is 1.33. The molecule has 2 atom stereocenters. The third-order valence-corrected chi connectivity index (χ3v) is 3.58. The summed E-state index contributed by atoms with van der Waals surface area (Å²) >= 11 is 6.35. The number of anilines is 1. The summed E-state index contributed by atoms with van der Waals surface area (Å²) in [6.45, 7) is 3.96. The van der Waals surface area contributed by atoms with Gasteiger partial charge in [0.05, 0.1) is 11.8 Å². The van der Waals surface area contributed by atoms with Crippen LogP contribution in [0.15, 0.2) is 36.7 Å². The molecule has 0 fully saturated rings. The summed E-state index contributed by atoms with van der Waals surface area (Å²) in [5.41, 5.74) is 1.86. The number of hydrogen-bond donors (Lipinski definition) is 1. The van der Waals surface area contributed by atoms with Crippen LogP contribution in [0.2, 0.25) is 5.02 Å². The Hall–Kier alpha value is -1.65. The molecule has 2 unspecified atom stereocenters. The van der Waals surface area contributed by atoms with Gasteiger partial charge in [0.15, 0.2) is 0 Å².